The van der Waals surface area contributed by atoms with Crippen LogP contribution in [0.1, 0.15) is 40.8 Å². The summed E-state index contributed by atoms with van der Waals surface area (Å²) in [6.45, 7) is 5.13. The lowest BCUT2D eigenvalue weighted by Crippen LogP contribution is -2.50. The fourth-order valence-corrected chi connectivity index (χ4v) is 3.77. The molecule has 2 aliphatic rings. The minimum absolute atomic E-state index is 0.0815. The summed E-state index contributed by atoms with van der Waals surface area (Å²) in [6, 6.07) is 10.4. The van der Waals surface area contributed by atoms with Crippen molar-refractivity contribution in [3.05, 3.63) is 53.5 Å². The van der Waals surface area contributed by atoms with Crippen molar-refractivity contribution in [1.29, 1.82) is 0 Å². The molecule has 4 rings (SSSR count). The maximum absolute atomic E-state index is 12.7. The second-order valence-corrected chi connectivity index (χ2v) is 7.63. The van der Waals surface area contributed by atoms with Crippen LogP contribution in [0.25, 0.3) is 0 Å². The molecule has 0 aliphatic carbocycles. The first kappa shape index (κ1) is 21.1. The molecule has 2 saturated heterocycles. The van der Waals surface area contributed by atoms with Crippen LogP contribution in [0.2, 0.25) is 0 Å². The molecule has 2 aliphatic heterocycles. The van der Waals surface area contributed by atoms with Gasteiger partial charge in [-0.15, -0.1) is 0 Å². The fourth-order valence-electron chi connectivity index (χ4n) is 3.77. The molecule has 2 fully saturated rings. The molecule has 1 aromatic carbocycles. The molecule has 2 aromatic rings. The number of nitrogens with zero attached hydrogens (tertiary/aromatic N) is 2. The van der Waals surface area contributed by atoms with Gasteiger partial charge in [-0.2, -0.15) is 0 Å². The van der Waals surface area contributed by atoms with E-state index in [0.29, 0.717) is 31.0 Å². The van der Waals surface area contributed by atoms with Gasteiger partial charge in [0, 0.05) is 38.0 Å². The lowest BCUT2D eigenvalue weighted by molar-refractivity contribution is -0.130. The summed E-state index contributed by atoms with van der Waals surface area (Å²) >= 11 is 0. The Bertz CT molecular complexity index is 949. The quantitative estimate of drug-likeness (QED) is 0.726. The van der Waals surface area contributed by atoms with Gasteiger partial charge in [-0.3, -0.25) is 24.7 Å². The topological polar surface area (TPSA) is 104 Å². The second-order valence-electron chi connectivity index (χ2n) is 7.63. The Kier molecular flexibility index (Phi) is 6.34. The Hall–Kier alpha value is -3.17. The average Bonchev–Trinajstić information content (AvgIpc) is 3.22. The number of carbonyl (C=O) groups excluding carboxylic acids is 3. The standard InChI is InChI=1S/C22H26N4O5/c1-15-2-7-19(31-15)18(25-10-12-30-13-11-25)14-23-22(29)16-3-5-17(6-4-16)26-21(28)9-8-20(27)24-26/h2-7,18H,8-14H2,1H3,(H,23,29)(H,24,27). The monoisotopic (exact) mass is 426 g/mol. The molecular weight excluding hydrogens is 400 g/mol. The van der Waals surface area contributed by atoms with Crippen LogP contribution >= 0.6 is 0 Å². The van der Waals surface area contributed by atoms with E-state index in [2.05, 4.69) is 15.6 Å². The summed E-state index contributed by atoms with van der Waals surface area (Å²) in [7, 11) is 0. The fraction of sp³-hybridized carbons (Fsp3) is 0.409. The molecule has 1 unspecified atom stereocenters. The number of benzene rings is 1. The summed E-state index contributed by atoms with van der Waals surface area (Å²) in [4.78, 5) is 38.6. The predicted octanol–water partition coefficient (Wildman–Crippen LogP) is 1.55. The van der Waals surface area contributed by atoms with Gasteiger partial charge < -0.3 is 14.5 Å². The number of morpholine rings is 1. The zero-order valence-electron chi connectivity index (χ0n) is 17.4. The number of anilines is 1. The molecule has 9 heteroatoms. The van der Waals surface area contributed by atoms with Gasteiger partial charge in [0.2, 0.25) is 11.8 Å². The van der Waals surface area contributed by atoms with Crippen molar-refractivity contribution < 1.29 is 23.5 Å². The summed E-state index contributed by atoms with van der Waals surface area (Å²) in [5.74, 6) is 1.04. The lowest BCUT2D eigenvalue weighted by Gasteiger charge is -2.33. The Labute approximate surface area is 180 Å². The van der Waals surface area contributed by atoms with Gasteiger partial charge in [-0.25, -0.2) is 5.01 Å². The van der Waals surface area contributed by atoms with Crippen molar-refractivity contribution in [3.8, 4) is 0 Å². The Balaban J connectivity index is 1.41. The van der Waals surface area contributed by atoms with Crippen LogP contribution in [0.3, 0.4) is 0 Å². The van der Waals surface area contributed by atoms with Gasteiger partial charge >= 0.3 is 0 Å². The van der Waals surface area contributed by atoms with Gasteiger partial charge in [0.1, 0.15) is 11.5 Å². The number of aryl methyl sites for hydroxylation is 1. The van der Waals surface area contributed by atoms with E-state index in [-0.39, 0.29) is 36.6 Å². The zero-order valence-corrected chi connectivity index (χ0v) is 17.4. The highest BCUT2D eigenvalue weighted by Gasteiger charge is 2.27. The highest BCUT2D eigenvalue weighted by molar-refractivity contribution is 6.01. The molecule has 0 radical (unpaired) electrons. The third kappa shape index (κ3) is 4.95. The van der Waals surface area contributed by atoms with Crippen molar-refractivity contribution in [3.63, 3.8) is 0 Å². The molecular formula is C22H26N4O5. The van der Waals surface area contributed by atoms with Crippen LogP contribution in [0, 0.1) is 6.92 Å². The number of hydrogen-bond donors (Lipinski definition) is 2. The third-order valence-electron chi connectivity index (χ3n) is 5.47. The Morgan fingerprint density at radius 3 is 2.52 bits per heavy atom. The largest absolute Gasteiger partial charge is 0.465 e. The van der Waals surface area contributed by atoms with Gasteiger partial charge in [-0.1, -0.05) is 0 Å². The first-order valence-electron chi connectivity index (χ1n) is 10.4. The molecule has 9 nitrogen and oxygen atoms in total. The number of nitrogens with one attached hydrogen (secondary N) is 2. The lowest BCUT2D eigenvalue weighted by atomic mass is 10.1. The summed E-state index contributed by atoms with van der Waals surface area (Å²) in [5, 5.41) is 4.21. The molecule has 2 N–H and O–H groups in total. The van der Waals surface area contributed by atoms with Crippen molar-refractivity contribution in [2.24, 2.45) is 0 Å². The minimum atomic E-state index is -0.220. The highest BCUT2D eigenvalue weighted by atomic mass is 16.5. The van der Waals surface area contributed by atoms with E-state index in [1.165, 1.54) is 5.01 Å². The molecule has 0 bridgehead atoms. The van der Waals surface area contributed by atoms with Gasteiger partial charge in [0.05, 0.1) is 24.9 Å². The van der Waals surface area contributed by atoms with Crippen LogP contribution in [0.4, 0.5) is 5.69 Å². The Morgan fingerprint density at radius 2 is 1.84 bits per heavy atom. The van der Waals surface area contributed by atoms with E-state index >= 15 is 0 Å². The van der Waals surface area contributed by atoms with Crippen molar-refractivity contribution >= 4 is 23.4 Å². The number of hydrogen-bond acceptors (Lipinski definition) is 6. The average molecular weight is 426 g/mol. The number of furan rings is 1. The predicted molar refractivity (Wildman–Crippen MR) is 112 cm³/mol. The van der Waals surface area contributed by atoms with E-state index in [0.717, 1.165) is 24.6 Å². The minimum Gasteiger partial charge on any atom is -0.465 e. The SMILES string of the molecule is Cc1ccc(C(CNC(=O)c2ccc(N3NC(=O)CCC3=O)cc2)N2CCOCC2)o1. The van der Waals surface area contributed by atoms with Crippen molar-refractivity contribution in [1.82, 2.24) is 15.6 Å². The van der Waals surface area contributed by atoms with Gasteiger partial charge in [-0.05, 0) is 43.3 Å². The Morgan fingerprint density at radius 1 is 1.10 bits per heavy atom. The van der Waals surface area contributed by atoms with E-state index < -0.39 is 0 Å². The maximum atomic E-state index is 12.7. The van der Waals surface area contributed by atoms with Gasteiger partial charge in [0.15, 0.2) is 0 Å². The molecule has 1 atom stereocenters. The van der Waals surface area contributed by atoms with Crippen LogP contribution in [0.15, 0.2) is 40.8 Å². The van der Waals surface area contributed by atoms with Crippen LogP contribution in [-0.2, 0) is 14.3 Å². The molecule has 3 heterocycles. The molecule has 0 spiro atoms. The van der Waals surface area contributed by atoms with Crippen LogP contribution < -0.4 is 15.8 Å². The van der Waals surface area contributed by atoms with Crippen LogP contribution in [-0.4, -0.2) is 55.5 Å². The van der Waals surface area contributed by atoms with Crippen molar-refractivity contribution in [2.45, 2.75) is 25.8 Å². The molecule has 31 heavy (non-hydrogen) atoms. The first-order chi connectivity index (χ1) is 15.0. The highest BCUT2D eigenvalue weighted by Crippen LogP contribution is 2.24. The van der Waals surface area contributed by atoms with Crippen LogP contribution in [0.5, 0.6) is 0 Å². The third-order valence-corrected chi connectivity index (χ3v) is 5.47. The summed E-state index contributed by atoms with van der Waals surface area (Å²) in [5.41, 5.74) is 3.53. The number of ether oxygens (including phenoxy) is 1. The molecule has 0 saturated carbocycles. The van der Waals surface area contributed by atoms with Gasteiger partial charge in [0.25, 0.3) is 5.91 Å². The smallest absolute Gasteiger partial charge is 0.251 e. The summed E-state index contributed by atoms with van der Waals surface area (Å²) < 4.78 is 11.3. The second kappa shape index (κ2) is 9.32. The molecule has 3 amide bonds. The number of amides is 3. The number of carbonyl (C=O) groups is 3. The first-order valence-corrected chi connectivity index (χ1v) is 10.4. The van der Waals surface area contributed by atoms with E-state index in [1.54, 1.807) is 24.3 Å². The zero-order chi connectivity index (χ0) is 21.8. The molecule has 164 valence electrons. The van der Waals surface area contributed by atoms with E-state index in [9.17, 15) is 14.4 Å². The van der Waals surface area contributed by atoms with Crippen molar-refractivity contribution in [2.75, 3.05) is 37.9 Å². The maximum Gasteiger partial charge on any atom is 0.251 e. The number of rotatable bonds is 6. The number of hydrazine groups is 1. The summed E-state index contributed by atoms with van der Waals surface area (Å²) in [6.07, 6.45) is 0.360. The van der Waals surface area contributed by atoms with E-state index in [1.807, 2.05) is 19.1 Å². The van der Waals surface area contributed by atoms with E-state index in [4.69, 9.17) is 9.15 Å². The normalized spacial score (nSPS) is 18.5. The molecule has 1 aromatic heterocycles.